The van der Waals surface area contributed by atoms with Crippen LogP contribution in [0.25, 0.3) is 0 Å². The molecule has 0 unspecified atom stereocenters. The van der Waals surface area contributed by atoms with Gasteiger partial charge in [-0.1, -0.05) is 61.0 Å². The minimum absolute atomic E-state index is 0.105. The second kappa shape index (κ2) is 12.0. The summed E-state index contributed by atoms with van der Waals surface area (Å²) in [6, 6.07) is 22.9. The number of carbonyl (C=O) groups is 2. The third-order valence-electron chi connectivity index (χ3n) is 6.09. The van der Waals surface area contributed by atoms with Crippen LogP contribution in [0.15, 0.2) is 78.9 Å². The van der Waals surface area contributed by atoms with E-state index >= 15 is 0 Å². The van der Waals surface area contributed by atoms with Crippen LogP contribution in [0.3, 0.4) is 0 Å². The first-order valence-corrected chi connectivity index (χ1v) is 11.9. The zero-order chi connectivity index (χ0) is 24.5. The van der Waals surface area contributed by atoms with Crippen molar-refractivity contribution in [3.63, 3.8) is 0 Å². The van der Waals surface area contributed by atoms with Gasteiger partial charge in [-0.25, -0.2) is 4.79 Å². The highest BCUT2D eigenvalue weighted by Crippen LogP contribution is 2.27. The van der Waals surface area contributed by atoms with Gasteiger partial charge in [0.1, 0.15) is 18.4 Å². The molecule has 7 heteroatoms. The van der Waals surface area contributed by atoms with E-state index in [1.54, 1.807) is 24.3 Å². The van der Waals surface area contributed by atoms with Gasteiger partial charge in [-0.15, -0.1) is 0 Å². The normalized spacial score (nSPS) is 13.9. The first-order chi connectivity index (χ1) is 17.1. The lowest BCUT2D eigenvalue weighted by Gasteiger charge is -2.25. The summed E-state index contributed by atoms with van der Waals surface area (Å²) >= 11 is 0. The molecule has 3 aromatic carbocycles. The van der Waals surface area contributed by atoms with Gasteiger partial charge in [-0.2, -0.15) is 0 Å². The van der Waals surface area contributed by atoms with Gasteiger partial charge in [-0.3, -0.25) is 4.79 Å². The van der Waals surface area contributed by atoms with Crippen LogP contribution in [-0.4, -0.2) is 18.6 Å². The van der Waals surface area contributed by atoms with Gasteiger partial charge in [0.2, 0.25) is 0 Å². The van der Waals surface area contributed by atoms with Crippen LogP contribution in [-0.2, 0) is 22.7 Å². The summed E-state index contributed by atoms with van der Waals surface area (Å²) in [6.07, 6.45) is 3.00. The van der Waals surface area contributed by atoms with E-state index in [9.17, 15) is 9.59 Å². The van der Waals surface area contributed by atoms with Crippen LogP contribution in [0.2, 0.25) is 0 Å². The molecular weight excluding hydrogens is 442 g/mol. The summed E-state index contributed by atoms with van der Waals surface area (Å²) in [6.45, 7) is 1.16. The Kier molecular flexibility index (Phi) is 8.35. The van der Waals surface area contributed by atoms with Gasteiger partial charge in [0.05, 0.1) is 6.61 Å². The molecular formula is C28H31N3O4. The number of anilines is 1. The summed E-state index contributed by atoms with van der Waals surface area (Å²) in [7, 11) is 0. The third-order valence-corrected chi connectivity index (χ3v) is 6.09. The minimum Gasteiger partial charge on any atom is -0.493 e. The van der Waals surface area contributed by atoms with Gasteiger partial charge in [0.25, 0.3) is 5.91 Å². The Morgan fingerprint density at radius 3 is 2.37 bits per heavy atom. The number of carbonyl (C=O) groups excluding carboxylic acids is 2. The molecule has 4 N–H and O–H groups in total. The Balaban J connectivity index is 1.45. The number of benzene rings is 3. The van der Waals surface area contributed by atoms with Gasteiger partial charge < -0.3 is 25.8 Å². The third kappa shape index (κ3) is 7.07. The maximum Gasteiger partial charge on any atom is 0.408 e. The Morgan fingerprint density at radius 1 is 0.943 bits per heavy atom. The molecule has 0 aromatic heterocycles. The fourth-order valence-corrected chi connectivity index (χ4v) is 3.80. The number of nitrogens with one attached hydrogen (secondary N) is 2. The van der Waals surface area contributed by atoms with Crippen LogP contribution >= 0.6 is 0 Å². The molecule has 182 valence electrons. The van der Waals surface area contributed by atoms with Crippen molar-refractivity contribution >= 4 is 17.7 Å². The van der Waals surface area contributed by atoms with E-state index in [0.29, 0.717) is 30.3 Å². The average Bonchev–Trinajstić information content (AvgIpc) is 2.86. The highest BCUT2D eigenvalue weighted by molar-refractivity contribution is 5.97. The number of rotatable bonds is 10. The summed E-state index contributed by atoms with van der Waals surface area (Å²) in [5.41, 5.74) is 8.68. The molecule has 0 spiro atoms. The number of hydrogen-bond donors (Lipinski definition) is 3. The Morgan fingerprint density at radius 2 is 1.69 bits per heavy atom. The van der Waals surface area contributed by atoms with Gasteiger partial charge >= 0.3 is 6.09 Å². The largest absolute Gasteiger partial charge is 0.493 e. The van der Waals surface area contributed by atoms with Gasteiger partial charge in [0, 0.05) is 12.2 Å². The van der Waals surface area contributed by atoms with E-state index in [1.807, 2.05) is 54.6 Å². The van der Waals surface area contributed by atoms with E-state index in [2.05, 4.69) is 10.6 Å². The van der Waals surface area contributed by atoms with Crippen molar-refractivity contribution in [1.29, 1.82) is 0 Å². The maximum atomic E-state index is 13.2. The summed E-state index contributed by atoms with van der Waals surface area (Å²) in [5.74, 6) is 0.972. The monoisotopic (exact) mass is 473 g/mol. The van der Waals surface area contributed by atoms with Crippen molar-refractivity contribution in [3.8, 4) is 5.75 Å². The topological polar surface area (TPSA) is 103 Å². The van der Waals surface area contributed by atoms with E-state index in [4.69, 9.17) is 15.2 Å². The molecule has 0 aliphatic heterocycles. The maximum absolute atomic E-state index is 13.2. The molecule has 0 heterocycles. The smallest absolute Gasteiger partial charge is 0.408 e. The molecule has 1 aliphatic rings. The Hall–Kier alpha value is -3.84. The van der Waals surface area contributed by atoms with Crippen molar-refractivity contribution in [3.05, 3.63) is 95.6 Å². The molecule has 1 aliphatic carbocycles. The van der Waals surface area contributed by atoms with Crippen molar-refractivity contribution < 1.29 is 19.1 Å². The molecule has 1 fully saturated rings. The Labute approximate surface area is 205 Å². The fourth-order valence-electron chi connectivity index (χ4n) is 3.80. The van der Waals surface area contributed by atoms with Crippen molar-refractivity contribution in [1.82, 2.24) is 5.32 Å². The van der Waals surface area contributed by atoms with E-state index in [0.717, 1.165) is 16.9 Å². The van der Waals surface area contributed by atoms with Crippen molar-refractivity contribution in [2.45, 2.75) is 38.5 Å². The molecule has 7 nitrogen and oxygen atoms in total. The minimum atomic E-state index is -0.958. The lowest BCUT2D eigenvalue weighted by atomic mass is 9.86. The average molecular weight is 474 g/mol. The van der Waals surface area contributed by atoms with E-state index in [-0.39, 0.29) is 12.5 Å². The highest BCUT2D eigenvalue weighted by Gasteiger charge is 2.24. The molecule has 2 amide bonds. The molecule has 1 atom stereocenters. The highest BCUT2D eigenvalue weighted by atomic mass is 16.5. The van der Waals surface area contributed by atoms with Crippen LogP contribution in [0.4, 0.5) is 10.5 Å². The Bertz CT molecular complexity index is 1110. The standard InChI is InChI=1S/C28H31N3O4/c29-17-22-10-5-11-24(16-22)30-27(32)26(31-28(33)35-19-20-6-2-1-3-7-20)23-12-14-25(15-13-23)34-18-21-8-4-9-21/h1-3,5-7,10-16,21,26H,4,8-9,17-19,29H2,(H,30,32)(H,31,33)/t26-/m1/s1. The van der Waals surface area contributed by atoms with E-state index in [1.165, 1.54) is 19.3 Å². The quantitative estimate of drug-likeness (QED) is 0.387. The van der Waals surface area contributed by atoms with Crippen LogP contribution in [0.5, 0.6) is 5.75 Å². The molecule has 3 aromatic rings. The van der Waals surface area contributed by atoms with Gasteiger partial charge in [-0.05, 0) is 59.7 Å². The second-order valence-electron chi connectivity index (χ2n) is 8.71. The van der Waals surface area contributed by atoms with Crippen LogP contribution in [0, 0.1) is 5.92 Å². The number of nitrogens with two attached hydrogens (primary N) is 1. The first-order valence-electron chi connectivity index (χ1n) is 11.9. The zero-order valence-electron chi connectivity index (χ0n) is 19.6. The number of alkyl carbamates (subject to hydrolysis) is 1. The molecule has 35 heavy (non-hydrogen) atoms. The molecule has 0 saturated heterocycles. The lowest BCUT2D eigenvalue weighted by Crippen LogP contribution is -2.37. The van der Waals surface area contributed by atoms with Crippen LogP contribution in [0.1, 0.15) is 42.0 Å². The van der Waals surface area contributed by atoms with Crippen molar-refractivity contribution in [2.75, 3.05) is 11.9 Å². The van der Waals surface area contributed by atoms with Gasteiger partial charge in [0.15, 0.2) is 0 Å². The summed E-state index contributed by atoms with van der Waals surface area (Å²) in [5, 5.41) is 5.57. The summed E-state index contributed by atoms with van der Waals surface area (Å²) < 4.78 is 11.2. The number of amides is 2. The predicted octanol–water partition coefficient (Wildman–Crippen LogP) is 4.93. The zero-order valence-corrected chi connectivity index (χ0v) is 19.6. The molecule has 0 radical (unpaired) electrons. The number of ether oxygens (including phenoxy) is 2. The molecule has 0 bridgehead atoms. The number of hydrogen-bond acceptors (Lipinski definition) is 5. The summed E-state index contributed by atoms with van der Waals surface area (Å²) in [4.78, 5) is 25.8. The molecule has 4 rings (SSSR count). The second-order valence-corrected chi connectivity index (χ2v) is 8.71. The van der Waals surface area contributed by atoms with Crippen LogP contribution < -0.4 is 21.1 Å². The van der Waals surface area contributed by atoms with Crippen molar-refractivity contribution in [2.24, 2.45) is 11.7 Å². The lowest BCUT2D eigenvalue weighted by molar-refractivity contribution is -0.118. The SMILES string of the molecule is NCc1cccc(NC(=O)[C@H](NC(=O)OCc2ccccc2)c2ccc(OCC3CCC3)cc2)c1. The first kappa shape index (κ1) is 24.3. The van der Waals surface area contributed by atoms with E-state index < -0.39 is 12.1 Å². The predicted molar refractivity (Wildman–Crippen MR) is 135 cm³/mol. The molecule has 1 saturated carbocycles. The fraction of sp³-hybridized carbons (Fsp3) is 0.286.